The Kier molecular flexibility index (Phi) is 6.34. The van der Waals surface area contributed by atoms with Crippen molar-refractivity contribution in [1.29, 1.82) is 0 Å². The third-order valence-corrected chi connectivity index (χ3v) is 8.30. The average molecular weight is 504 g/mol. The van der Waals surface area contributed by atoms with Crippen molar-refractivity contribution in [1.82, 2.24) is 4.72 Å². The number of rotatable bonds is 4. The highest BCUT2D eigenvalue weighted by Gasteiger charge is 2.26. The summed E-state index contributed by atoms with van der Waals surface area (Å²) in [5.74, 6) is 0.362. The molecule has 1 aromatic carbocycles. The van der Waals surface area contributed by atoms with Gasteiger partial charge in [0.2, 0.25) is 10.0 Å². The van der Waals surface area contributed by atoms with Crippen molar-refractivity contribution in [3.63, 3.8) is 0 Å². The van der Waals surface area contributed by atoms with E-state index in [1.165, 1.54) is 12.8 Å². The molecule has 0 heterocycles. The highest BCUT2D eigenvalue weighted by molar-refractivity contribution is 9.11. The van der Waals surface area contributed by atoms with E-state index < -0.39 is 10.0 Å². The molecule has 1 aromatic rings. The van der Waals surface area contributed by atoms with E-state index >= 15 is 0 Å². The molecule has 21 heavy (non-hydrogen) atoms. The van der Waals surface area contributed by atoms with Gasteiger partial charge in [0.25, 0.3) is 0 Å². The maximum Gasteiger partial charge on any atom is 0.241 e. The van der Waals surface area contributed by atoms with Gasteiger partial charge in [-0.05, 0) is 59.3 Å². The number of sulfonamides is 1. The molecule has 1 aliphatic rings. The van der Waals surface area contributed by atoms with Gasteiger partial charge in [-0.3, -0.25) is 0 Å². The summed E-state index contributed by atoms with van der Waals surface area (Å²) in [7, 11) is -3.50. The van der Waals surface area contributed by atoms with Crippen molar-refractivity contribution >= 4 is 57.8 Å². The molecule has 3 nitrogen and oxygen atoms in total. The smallest absolute Gasteiger partial charge is 0.211 e. The van der Waals surface area contributed by atoms with Gasteiger partial charge in [-0.1, -0.05) is 44.7 Å². The van der Waals surface area contributed by atoms with E-state index in [0.717, 1.165) is 22.9 Å². The minimum absolute atomic E-state index is 0.280. The molecule has 118 valence electrons. The summed E-state index contributed by atoms with van der Waals surface area (Å²) >= 11 is 10.4. The summed E-state index contributed by atoms with van der Waals surface area (Å²) in [4.78, 5) is 0.684. The van der Waals surface area contributed by atoms with Gasteiger partial charge in [-0.15, -0.1) is 0 Å². The Bertz CT molecular complexity index is 619. The molecule has 1 fully saturated rings. The molecule has 0 spiro atoms. The summed E-state index contributed by atoms with van der Waals surface area (Å²) < 4.78 is 29.1. The minimum atomic E-state index is -3.50. The fourth-order valence-corrected chi connectivity index (χ4v) is 6.07. The molecule has 0 aromatic heterocycles. The van der Waals surface area contributed by atoms with Crippen molar-refractivity contribution in [3.8, 4) is 0 Å². The number of nitrogens with one attached hydrogen (secondary N) is 1. The Morgan fingerprint density at radius 1 is 1.19 bits per heavy atom. The molecule has 2 unspecified atom stereocenters. The SMILES string of the molecule is Cc1cc(Br)c(S(=O)(=O)NCC2CCCCC2Br)cc1Br. The monoisotopic (exact) mass is 501 g/mol. The van der Waals surface area contributed by atoms with Gasteiger partial charge in [0.15, 0.2) is 0 Å². The Balaban J connectivity index is 2.13. The van der Waals surface area contributed by atoms with Crippen LogP contribution in [0.15, 0.2) is 26.0 Å². The van der Waals surface area contributed by atoms with Crippen LogP contribution in [0, 0.1) is 12.8 Å². The van der Waals surface area contributed by atoms with Crippen LogP contribution in [0.2, 0.25) is 0 Å². The fraction of sp³-hybridized carbons (Fsp3) is 0.571. The first-order valence-electron chi connectivity index (χ1n) is 6.90. The second-order valence-electron chi connectivity index (χ2n) is 5.44. The van der Waals surface area contributed by atoms with Crippen LogP contribution in [0.25, 0.3) is 0 Å². The van der Waals surface area contributed by atoms with E-state index in [0.29, 0.717) is 21.8 Å². The topological polar surface area (TPSA) is 46.2 Å². The van der Waals surface area contributed by atoms with E-state index in [-0.39, 0.29) is 4.90 Å². The summed E-state index contributed by atoms with van der Waals surface area (Å²) in [5, 5.41) is 0. The van der Waals surface area contributed by atoms with Crippen LogP contribution >= 0.6 is 47.8 Å². The molecule has 7 heteroatoms. The number of alkyl halides is 1. The molecule has 2 rings (SSSR count). The zero-order chi connectivity index (χ0) is 15.6. The highest BCUT2D eigenvalue weighted by Crippen LogP contribution is 2.31. The van der Waals surface area contributed by atoms with Gasteiger partial charge >= 0.3 is 0 Å². The maximum absolute atomic E-state index is 12.5. The molecule has 2 atom stereocenters. The summed E-state index contributed by atoms with van der Waals surface area (Å²) in [6.07, 6.45) is 4.58. The zero-order valence-corrected chi connectivity index (χ0v) is 17.3. The Labute approximate surface area is 151 Å². The average Bonchev–Trinajstić information content (AvgIpc) is 2.42. The van der Waals surface area contributed by atoms with E-state index in [9.17, 15) is 8.42 Å². The Hall–Kier alpha value is 0.570. The predicted octanol–water partition coefficient (Wildman–Crippen LogP) is 4.75. The van der Waals surface area contributed by atoms with Crippen molar-refractivity contribution in [3.05, 3.63) is 26.6 Å². The van der Waals surface area contributed by atoms with Crippen molar-refractivity contribution in [2.45, 2.75) is 42.3 Å². The molecule has 1 aliphatic carbocycles. The lowest BCUT2D eigenvalue weighted by Gasteiger charge is -2.27. The minimum Gasteiger partial charge on any atom is -0.211 e. The van der Waals surface area contributed by atoms with Gasteiger partial charge < -0.3 is 0 Å². The Morgan fingerprint density at radius 3 is 2.52 bits per heavy atom. The van der Waals surface area contributed by atoms with Gasteiger partial charge in [0.05, 0.1) is 4.90 Å². The lowest BCUT2D eigenvalue weighted by atomic mass is 9.89. The predicted molar refractivity (Wildman–Crippen MR) is 96.4 cm³/mol. The molecule has 0 saturated heterocycles. The summed E-state index contributed by atoms with van der Waals surface area (Å²) in [6.45, 7) is 2.41. The number of benzene rings is 1. The first-order chi connectivity index (χ1) is 9.81. The first kappa shape index (κ1) is 17.9. The number of aryl methyl sites for hydroxylation is 1. The van der Waals surface area contributed by atoms with Crippen molar-refractivity contribution < 1.29 is 8.42 Å². The van der Waals surface area contributed by atoms with E-state index in [2.05, 4.69) is 52.5 Å². The molecule has 0 aliphatic heterocycles. The number of halogens is 3. The van der Waals surface area contributed by atoms with Crippen LogP contribution in [-0.2, 0) is 10.0 Å². The lowest BCUT2D eigenvalue weighted by Crippen LogP contribution is -2.34. The Morgan fingerprint density at radius 2 is 1.86 bits per heavy atom. The molecule has 1 saturated carbocycles. The van der Waals surface area contributed by atoms with Gasteiger partial charge in [0, 0.05) is 20.3 Å². The second kappa shape index (κ2) is 7.43. The van der Waals surface area contributed by atoms with Crippen LogP contribution in [0.4, 0.5) is 0 Å². The van der Waals surface area contributed by atoms with E-state index in [1.807, 2.05) is 13.0 Å². The van der Waals surface area contributed by atoms with E-state index in [4.69, 9.17) is 0 Å². The van der Waals surface area contributed by atoms with Gasteiger partial charge in [-0.2, -0.15) is 0 Å². The number of hydrogen-bond acceptors (Lipinski definition) is 2. The van der Waals surface area contributed by atoms with Crippen LogP contribution in [0.3, 0.4) is 0 Å². The van der Waals surface area contributed by atoms with Crippen molar-refractivity contribution in [2.75, 3.05) is 6.54 Å². The number of hydrogen-bond donors (Lipinski definition) is 1. The van der Waals surface area contributed by atoms with Crippen molar-refractivity contribution in [2.24, 2.45) is 5.92 Å². The molecule has 0 bridgehead atoms. The third kappa shape index (κ3) is 4.53. The largest absolute Gasteiger partial charge is 0.241 e. The molecule has 0 amide bonds. The maximum atomic E-state index is 12.5. The second-order valence-corrected chi connectivity index (χ2v) is 10.1. The fourth-order valence-electron chi connectivity index (χ4n) is 2.52. The zero-order valence-electron chi connectivity index (χ0n) is 11.7. The summed E-state index contributed by atoms with van der Waals surface area (Å²) in [5.41, 5.74) is 0.994. The van der Waals surface area contributed by atoms with Gasteiger partial charge in [-0.25, -0.2) is 13.1 Å². The normalized spacial score (nSPS) is 23.2. The standard InChI is InChI=1S/C14H18Br3NO2S/c1-9-6-13(17)14(7-12(9)16)21(19,20)18-8-10-4-2-3-5-11(10)15/h6-7,10-11,18H,2-5,8H2,1H3. The van der Waals surface area contributed by atoms with Crippen LogP contribution < -0.4 is 4.72 Å². The quantitative estimate of drug-likeness (QED) is 0.602. The molecule has 0 radical (unpaired) electrons. The van der Waals surface area contributed by atoms with Crippen LogP contribution in [0.1, 0.15) is 31.2 Å². The molecule has 1 N–H and O–H groups in total. The summed E-state index contributed by atoms with van der Waals surface area (Å²) in [6, 6.07) is 3.46. The molecular formula is C14H18Br3NO2S. The van der Waals surface area contributed by atoms with Crippen LogP contribution in [-0.4, -0.2) is 19.8 Å². The third-order valence-electron chi connectivity index (χ3n) is 3.85. The highest BCUT2D eigenvalue weighted by atomic mass is 79.9. The van der Waals surface area contributed by atoms with Crippen LogP contribution in [0.5, 0.6) is 0 Å². The first-order valence-corrected chi connectivity index (χ1v) is 10.9. The lowest BCUT2D eigenvalue weighted by molar-refractivity contribution is 0.373. The van der Waals surface area contributed by atoms with E-state index in [1.54, 1.807) is 6.07 Å². The van der Waals surface area contributed by atoms with Gasteiger partial charge in [0.1, 0.15) is 0 Å². The molecular weight excluding hydrogens is 486 g/mol.